The molecule has 0 aliphatic heterocycles. The summed E-state index contributed by atoms with van der Waals surface area (Å²) < 4.78 is 0. The molecule has 4 nitrogen and oxygen atoms in total. The van der Waals surface area contributed by atoms with E-state index in [1.807, 2.05) is 69.3 Å². The van der Waals surface area contributed by atoms with Crippen molar-refractivity contribution in [1.82, 2.24) is 10.2 Å². The van der Waals surface area contributed by atoms with E-state index in [0.29, 0.717) is 17.3 Å². The number of nitrogens with one attached hydrogen (secondary N) is 1. The molecule has 0 aliphatic carbocycles. The molecule has 0 saturated heterocycles. The molecule has 2 amide bonds. The largest absolute Gasteiger partial charge is 0.352 e. The molecule has 0 heterocycles. The number of hydrogen-bond acceptors (Lipinski definition) is 3. The van der Waals surface area contributed by atoms with E-state index in [1.54, 1.807) is 11.8 Å². The molecule has 29 heavy (non-hydrogen) atoms. The molecule has 0 fully saturated rings. The van der Waals surface area contributed by atoms with Gasteiger partial charge in [0.2, 0.25) is 11.8 Å². The van der Waals surface area contributed by atoms with E-state index in [4.69, 9.17) is 11.6 Å². The molecule has 0 aromatic heterocycles. The van der Waals surface area contributed by atoms with Crippen LogP contribution in [-0.4, -0.2) is 34.6 Å². The monoisotopic (exact) mass is 432 g/mol. The summed E-state index contributed by atoms with van der Waals surface area (Å²) in [7, 11) is 0. The second-order valence-electron chi connectivity index (χ2n) is 7.43. The predicted octanol–water partition coefficient (Wildman–Crippen LogP) is 4.82. The number of aryl methyl sites for hydroxylation is 1. The molecule has 0 unspecified atom stereocenters. The zero-order valence-corrected chi connectivity index (χ0v) is 19.0. The molecule has 2 aromatic rings. The Kier molecular flexibility index (Phi) is 9.05. The summed E-state index contributed by atoms with van der Waals surface area (Å²) in [5.74, 6) is 0.734. The Balaban J connectivity index is 2.07. The van der Waals surface area contributed by atoms with Crippen molar-refractivity contribution in [3.05, 3.63) is 70.2 Å². The van der Waals surface area contributed by atoms with E-state index < -0.39 is 6.04 Å². The van der Waals surface area contributed by atoms with E-state index in [0.717, 1.165) is 16.7 Å². The molecule has 156 valence electrons. The van der Waals surface area contributed by atoms with Crippen LogP contribution in [0.5, 0.6) is 0 Å². The van der Waals surface area contributed by atoms with Crippen LogP contribution in [0.4, 0.5) is 0 Å². The lowest BCUT2D eigenvalue weighted by Crippen LogP contribution is -2.49. The SMILES string of the molecule is Cc1ccc(CN(C(=O)CSCc2ccccc2Cl)[C@@H](C)C(=O)NC(C)C)cc1. The fourth-order valence-electron chi connectivity index (χ4n) is 2.82. The fraction of sp³-hybridized carbons (Fsp3) is 0.391. The molecule has 0 radical (unpaired) electrons. The fourth-order valence-corrected chi connectivity index (χ4v) is 4.02. The molecule has 1 atom stereocenters. The Bertz CT molecular complexity index is 824. The number of hydrogen-bond donors (Lipinski definition) is 1. The van der Waals surface area contributed by atoms with Gasteiger partial charge in [-0.3, -0.25) is 9.59 Å². The molecule has 0 aliphatic rings. The Labute approximate surface area is 183 Å². The van der Waals surface area contributed by atoms with Crippen molar-refractivity contribution in [2.45, 2.75) is 52.1 Å². The topological polar surface area (TPSA) is 49.4 Å². The Morgan fingerprint density at radius 3 is 2.34 bits per heavy atom. The van der Waals surface area contributed by atoms with Crippen molar-refractivity contribution in [1.29, 1.82) is 0 Å². The van der Waals surface area contributed by atoms with E-state index in [9.17, 15) is 9.59 Å². The second kappa shape index (κ2) is 11.3. The lowest BCUT2D eigenvalue weighted by molar-refractivity contribution is -0.138. The van der Waals surface area contributed by atoms with E-state index in [1.165, 1.54) is 11.8 Å². The van der Waals surface area contributed by atoms with Gasteiger partial charge >= 0.3 is 0 Å². The first-order chi connectivity index (χ1) is 13.8. The molecule has 2 rings (SSSR count). The van der Waals surface area contributed by atoms with Gasteiger partial charge in [-0.05, 0) is 44.9 Å². The summed E-state index contributed by atoms with van der Waals surface area (Å²) in [5.41, 5.74) is 3.17. The Morgan fingerprint density at radius 2 is 1.72 bits per heavy atom. The highest BCUT2D eigenvalue weighted by atomic mass is 35.5. The lowest BCUT2D eigenvalue weighted by atomic mass is 10.1. The zero-order valence-electron chi connectivity index (χ0n) is 17.4. The molecule has 0 saturated carbocycles. The normalized spacial score (nSPS) is 11.9. The number of carbonyl (C=O) groups excluding carboxylic acids is 2. The van der Waals surface area contributed by atoms with Gasteiger partial charge in [0, 0.05) is 23.4 Å². The van der Waals surface area contributed by atoms with Gasteiger partial charge in [0.25, 0.3) is 0 Å². The summed E-state index contributed by atoms with van der Waals surface area (Å²) in [4.78, 5) is 27.2. The zero-order chi connectivity index (χ0) is 21.4. The number of amides is 2. The molecule has 1 N–H and O–H groups in total. The average molecular weight is 433 g/mol. The van der Waals surface area contributed by atoms with Crippen LogP contribution >= 0.6 is 23.4 Å². The van der Waals surface area contributed by atoms with Crippen molar-refractivity contribution in [2.24, 2.45) is 0 Å². The van der Waals surface area contributed by atoms with E-state index >= 15 is 0 Å². The predicted molar refractivity (Wildman–Crippen MR) is 122 cm³/mol. The van der Waals surface area contributed by atoms with E-state index in [-0.39, 0.29) is 23.6 Å². The first-order valence-corrected chi connectivity index (χ1v) is 11.3. The minimum atomic E-state index is -0.549. The maximum Gasteiger partial charge on any atom is 0.242 e. The highest BCUT2D eigenvalue weighted by Gasteiger charge is 2.26. The van der Waals surface area contributed by atoms with E-state index in [2.05, 4.69) is 5.32 Å². The van der Waals surface area contributed by atoms with Gasteiger partial charge in [-0.2, -0.15) is 0 Å². The van der Waals surface area contributed by atoms with Crippen molar-refractivity contribution >= 4 is 35.2 Å². The van der Waals surface area contributed by atoms with Crippen LogP contribution in [0, 0.1) is 6.92 Å². The summed E-state index contributed by atoms with van der Waals surface area (Å²) in [6, 6.07) is 15.1. The smallest absolute Gasteiger partial charge is 0.242 e. The lowest BCUT2D eigenvalue weighted by Gasteiger charge is -2.29. The van der Waals surface area contributed by atoms with Crippen LogP contribution in [0.1, 0.15) is 37.5 Å². The Morgan fingerprint density at radius 1 is 1.07 bits per heavy atom. The summed E-state index contributed by atoms with van der Waals surface area (Å²) >= 11 is 7.71. The number of carbonyl (C=O) groups is 2. The van der Waals surface area contributed by atoms with Crippen LogP contribution in [0.3, 0.4) is 0 Å². The third-order valence-corrected chi connectivity index (χ3v) is 5.85. The second-order valence-corrected chi connectivity index (χ2v) is 8.82. The minimum Gasteiger partial charge on any atom is -0.352 e. The van der Waals surface area contributed by atoms with Gasteiger partial charge in [0.05, 0.1) is 5.75 Å². The van der Waals surface area contributed by atoms with Gasteiger partial charge in [0.1, 0.15) is 6.04 Å². The highest BCUT2D eigenvalue weighted by molar-refractivity contribution is 7.99. The maximum atomic E-state index is 13.0. The third-order valence-electron chi connectivity index (χ3n) is 4.51. The first kappa shape index (κ1) is 23.3. The minimum absolute atomic E-state index is 0.0240. The van der Waals surface area contributed by atoms with Gasteiger partial charge in [-0.15, -0.1) is 11.8 Å². The van der Waals surface area contributed by atoms with Gasteiger partial charge in [-0.1, -0.05) is 59.6 Å². The number of rotatable bonds is 9. The van der Waals surface area contributed by atoms with Crippen molar-refractivity contribution in [2.75, 3.05) is 5.75 Å². The third kappa shape index (κ3) is 7.41. The van der Waals surface area contributed by atoms with Crippen molar-refractivity contribution < 1.29 is 9.59 Å². The molecule has 2 aromatic carbocycles. The molecular formula is C23H29ClN2O2S. The molecule has 6 heteroatoms. The maximum absolute atomic E-state index is 13.0. The number of benzene rings is 2. The standard InChI is InChI=1S/C23H29ClN2O2S/c1-16(2)25-23(28)18(4)26(13-19-11-9-17(3)10-12-19)22(27)15-29-14-20-7-5-6-8-21(20)24/h5-12,16,18H,13-15H2,1-4H3,(H,25,28)/t18-/m0/s1. The quantitative estimate of drug-likeness (QED) is 0.617. The van der Waals surface area contributed by atoms with Gasteiger partial charge < -0.3 is 10.2 Å². The summed E-state index contributed by atoms with van der Waals surface area (Å²) in [6.07, 6.45) is 0. The molecular weight excluding hydrogens is 404 g/mol. The summed E-state index contributed by atoms with van der Waals surface area (Å²) in [6.45, 7) is 8.03. The number of nitrogens with zero attached hydrogens (tertiary/aromatic N) is 1. The van der Waals surface area contributed by atoms with Crippen LogP contribution in [0.15, 0.2) is 48.5 Å². The highest BCUT2D eigenvalue weighted by Crippen LogP contribution is 2.21. The summed E-state index contributed by atoms with van der Waals surface area (Å²) in [5, 5.41) is 3.61. The van der Waals surface area contributed by atoms with Crippen molar-refractivity contribution in [3.63, 3.8) is 0 Å². The van der Waals surface area contributed by atoms with Crippen LogP contribution in [-0.2, 0) is 21.9 Å². The molecule has 0 bridgehead atoms. The Hall–Kier alpha value is -1.98. The number of thioether (sulfide) groups is 1. The first-order valence-electron chi connectivity index (χ1n) is 9.74. The number of halogens is 1. The average Bonchev–Trinajstić information content (AvgIpc) is 2.68. The van der Waals surface area contributed by atoms with Crippen LogP contribution in [0.25, 0.3) is 0 Å². The van der Waals surface area contributed by atoms with Crippen LogP contribution < -0.4 is 5.32 Å². The van der Waals surface area contributed by atoms with Crippen molar-refractivity contribution in [3.8, 4) is 0 Å². The van der Waals surface area contributed by atoms with Gasteiger partial charge in [-0.25, -0.2) is 0 Å². The van der Waals surface area contributed by atoms with Gasteiger partial charge in [0.15, 0.2) is 0 Å². The van der Waals surface area contributed by atoms with Crippen LogP contribution in [0.2, 0.25) is 5.02 Å². The molecule has 0 spiro atoms.